The van der Waals surface area contributed by atoms with Crippen molar-refractivity contribution in [2.45, 2.75) is 30.7 Å². The Morgan fingerprint density at radius 1 is 1.12 bits per heavy atom. The first-order valence-corrected chi connectivity index (χ1v) is 10.1. The minimum absolute atomic E-state index is 0.124. The molecule has 0 aromatic heterocycles. The van der Waals surface area contributed by atoms with Gasteiger partial charge in [-0.1, -0.05) is 12.1 Å². The third kappa shape index (κ3) is 3.44. The number of halogens is 1. The van der Waals surface area contributed by atoms with Gasteiger partial charge in [-0.2, -0.15) is 0 Å². The van der Waals surface area contributed by atoms with E-state index in [0.29, 0.717) is 18.8 Å². The van der Waals surface area contributed by atoms with Crippen LogP contribution in [-0.2, 0) is 27.8 Å². The summed E-state index contributed by atoms with van der Waals surface area (Å²) in [6.07, 6.45) is 2.70. The molecule has 1 aliphatic heterocycles. The number of nitrogens with zero attached hydrogens (tertiary/aromatic N) is 1. The second-order valence-electron chi connectivity index (χ2n) is 6.83. The number of carbonyl (C=O) groups is 1. The predicted molar refractivity (Wildman–Crippen MR) is 95.5 cm³/mol. The first-order valence-electron chi connectivity index (χ1n) is 8.61. The van der Waals surface area contributed by atoms with Gasteiger partial charge in [-0.05, 0) is 60.7 Å². The van der Waals surface area contributed by atoms with E-state index in [-0.39, 0.29) is 16.7 Å². The van der Waals surface area contributed by atoms with Crippen LogP contribution in [0, 0.1) is 11.7 Å². The molecule has 1 amide bonds. The minimum atomic E-state index is -3.87. The molecular formula is C19H19FN2O3S. The van der Waals surface area contributed by atoms with E-state index < -0.39 is 15.8 Å². The lowest BCUT2D eigenvalue weighted by molar-refractivity contribution is -0.133. The topological polar surface area (TPSA) is 66.5 Å². The van der Waals surface area contributed by atoms with Crippen LogP contribution in [0.3, 0.4) is 0 Å². The normalized spacial score (nSPS) is 16.9. The molecule has 1 heterocycles. The van der Waals surface area contributed by atoms with Crippen LogP contribution < -0.4 is 4.72 Å². The molecule has 136 valence electrons. The van der Waals surface area contributed by atoms with Crippen LogP contribution in [0.25, 0.3) is 0 Å². The van der Waals surface area contributed by atoms with Gasteiger partial charge >= 0.3 is 0 Å². The van der Waals surface area contributed by atoms with Crippen molar-refractivity contribution in [1.82, 2.24) is 4.90 Å². The van der Waals surface area contributed by atoms with E-state index in [0.717, 1.165) is 36.5 Å². The molecule has 1 N–H and O–H groups in total. The minimum Gasteiger partial charge on any atom is -0.338 e. The maximum Gasteiger partial charge on any atom is 0.261 e. The fraction of sp³-hybridized carbons (Fsp3) is 0.316. The Morgan fingerprint density at radius 2 is 1.92 bits per heavy atom. The molecular weight excluding hydrogens is 355 g/mol. The van der Waals surface area contributed by atoms with Gasteiger partial charge in [0.05, 0.1) is 4.90 Å². The number of benzene rings is 2. The summed E-state index contributed by atoms with van der Waals surface area (Å²) in [4.78, 5) is 14.0. The molecule has 26 heavy (non-hydrogen) atoms. The lowest BCUT2D eigenvalue weighted by Gasteiger charge is -2.29. The van der Waals surface area contributed by atoms with Crippen molar-refractivity contribution in [3.05, 3.63) is 59.4 Å². The van der Waals surface area contributed by atoms with E-state index in [4.69, 9.17) is 0 Å². The van der Waals surface area contributed by atoms with Crippen LogP contribution >= 0.6 is 0 Å². The summed E-state index contributed by atoms with van der Waals surface area (Å²) in [6.45, 7) is 1.21. The average Bonchev–Trinajstić information content (AvgIpc) is 3.45. The zero-order chi connectivity index (χ0) is 18.3. The summed E-state index contributed by atoms with van der Waals surface area (Å²) < 4.78 is 40.7. The van der Waals surface area contributed by atoms with Crippen LogP contribution in [0.15, 0.2) is 47.4 Å². The molecule has 0 spiro atoms. The van der Waals surface area contributed by atoms with Gasteiger partial charge < -0.3 is 4.90 Å². The fourth-order valence-corrected chi connectivity index (χ4v) is 4.33. The molecule has 1 aliphatic carbocycles. The van der Waals surface area contributed by atoms with Gasteiger partial charge in [-0.25, -0.2) is 12.8 Å². The maximum absolute atomic E-state index is 13.3. The predicted octanol–water partition coefficient (Wildman–Crippen LogP) is 2.92. The number of amides is 1. The van der Waals surface area contributed by atoms with Gasteiger partial charge in [0.1, 0.15) is 5.82 Å². The lowest BCUT2D eigenvalue weighted by Crippen LogP contribution is -2.36. The highest BCUT2D eigenvalue weighted by molar-refractivity contribution is 7.92. The highest BCUT2D eigenvalue weighted by Crippen LogP contribution is 2.33. The van der Waals surface area contributed by atoms with Crippen molar-refractivity contribution < 1.29 is 17.6 Å². The van der Waals surface area contributed by atoms with E-state index in [9.17, 15) is 17.6 Å². The summed E-state index contributed by atoms with van der Waals surface area (Å²) in [5.74, 6) is -0.236. The summed E-state index contributed by atoms with van der Waals surface area (Å²) in [6, 6.07) is 10.2. The molecule has 0 atom stereocenters. The molecule has 5 nitrogen and oxygen atoms in total. The van der Waals surface area contributed by atoms with Gasteiger partial charge in [-0.15, -0.1) is 0 Å². The summed E-state index contributed by atoms with van der Waals surface area (Å²) in [5.41, 5.74) is 2.48. The lowest BCUT2D eigenvalue weighted by atomic mass is 9.99. The van der Waals surface area contributed by atoms with Crippen molar-refractivity contribution in [2.75, 3.05) is 11.3 Å². The number of hydrogen-bond donors (Lipinski definition) is 1. The standard InChI is InChI=1S/C19H19FN2O3S/c20-16-2-1-3-18(11-16)26(24,25)21-17-7-6-13-8-9-22(12-15(13)10-17)19(23)14-4-5-14/h1-3,6-7,10-11,14,21H,4-5,8-9,12H2. The molecule has 0 bridgehead atoms. The van der Waals surface area contributed by atoms with Crippen molar-refractivity contribution in [3.63, 3.8) is 0 Å². The molecule has 2 aliphatic rings. The highest BCUT2D eigenvalue weighted by Gasteiger charge is 2.34. The SMILES string of the molecule is O=C(C1CC1)N1CCc2ccc(NS(=O)(=O)c3cccc(F)c3)cc2C1. The van der Waals surface area contributed by atoms with Crippen molar-refractivity contribution in [3.8, 4) is 0 Å². The molecule has 4 rings (SSSR count). The first-order chi connectivity index (χ1) is 12.4. The molecule has 2 aromatic carbocycles. The fourth-order valence-electron chi connectivity index (χ4n) is 3.25. The van der Waals surface area contributed by atoms with E-state index in [1.807, 2.05) is 11.0 Å². The number of sulfonamides is 1. The molecule has 0 saturated heterocycles. The summed E-state index contributed by atoms with van der Waals surface area (Å²) in [7, 11) is -3.87. The number of fused-ring (bicyclic) bond motifs is 1. The van der Waals surface area contributed by atoms with Crippen molar-refractivity contribution in [2.24, 2.45) is 5.92 Å². The smallest absolute Gasteiger partial charge is 0.261 e. The molecule has 2 aromatic rings. The highest BCUT2D eigenvalue weighted by atomic mass is 32.2. The average molecular weight is 374 g/mol. The van der Waals surface area contributed by atoms with E-state index in [2.05, 4.69) is 4.72 Å². The Bertz CT molecular complexity index is 970. The van der Waals surface area contributed by atoms with Crippen LogP contribution in [0.1, 0.15) is 24.0 Å². The van der Waals surface area contributed by atoms with E-state index in [1.54, 1.807) is 12.1 Å². The second-order valence-corrected chi connectivity index (χ2v) is 8.51. The van der Waals surface area contributed by atoms with Crippen molar-refractivity contribution in [1.29, 1.82) is 0 Å². The largest absolute Gasteiger partial charge is 0.338 e. The van der Waals surface area contributed by atoms with Gasteiger partial charge in [0.25, 0.3) is 10.0 Å². The van der Waals surface area contributed by atoms with Crippen molar-refractivity contribution >= 4 is 21.6 Å². The third-order valence-electron chi connectivity index (χ3n) is 4.82. The zero-order valence-corrected chi connectivity index (χ0v) is 14.9. The van der Waals surface area contributed by atoms with E-state index >= 15 is 0 Å². The molecule has 1 fully saturated rings. The number of rotatable bonds is 4. The Hall–Kier alpha value is -2.41. The zero-order valence-electron chi connectivity index (χ0n) is 14.1. The van der Waals surface area contributed by atoms with Gasteiger partial charge in [0, 0.05) is 24.7 Å². The third-order valence-corrected chi connectivity index (χ3v) is 6.19. The number of carbonyl (C=O) groups excluding carboxylic acids is 1. The Morgan fingerprint density at radius 3 is 2.65 bits per heavy atom. The Balaban J connectivity index is 1.55. The second kappa shape index (κ2) is 6.39. The number of nitrogens with one attached hydrogen (secondary N) is 1. The first kappa shape index (κ1) is 17.0. The summed E-state index contributed by atoms with van der Waals surface area (Å²) >= 11 is 0. The monoisotopic (exact) mass is 374 g/mol. The van der Waals surface area contributed by atoms with Crippen LogP contribution in [0.5, 0.6) is 0 Å². The quantitative estimate of drug-likeness (QED) is 0.895. The molecule has 1 saturated carbocycles. The van der Waals surface area contributed by atoms with Gasteiger partial charge in [0.2, 0.25) is 5.91 Å². The Labute approximate surface area is 151 Å². The maximum atomic E-state index is 13.3. The van der Waals surface area contributed by atoms with Gasteiger partial charge in [0.15, 0.2) is 0 Å². The molecule has 0 radical (unpaired) electrons. The van der Waals surface area contributed by atoms with E-state index in [1.165, 1.54) is 18.2 Å². The number of anilines is 1. The summed E-state index contributed by atoms with van der Waals surface area (Å²) in [5, 5.41) is 0. The molecule has 7 heteroatoms. The van der Waals surface area contributed by atoms with Crippen LogP contribution in [0.4, 0.5) is 10.1 Å². The van der Waals surface area contributed by atoms with Crippen LogP contribution in [0.2, 0.25) is 0 Å². The molecule has 0 unspecified atom stereocenters. The van der Waals surface area contributed by atoms with Gasteiger partial charge in [-0.3, -0.25) is 9.52 Å². The number of hydrogen-bond acceptors (Lipinski definition) is 3. The van der Waals surface area contributed by atoms with Crippen LogP contribution in [-0.4, -0.2) is 25.8 Å². The Kier molecular flexibility index (Phi) is 4.19.